The normalized spacial score (nSPS) is 14.4. The van der Waals surface area contributed by atoms with Gasteiger partial charge in [-0.15, -0.1) is 11.3 Å². The van der Waals surface area contributed by atoms with Gasteiger partial charge in [-0.3, -0.25) is 0 Å². The first-order valence-corrected chi connectivity index (χ1v) is 5.97. The number of rotatable bonds is 1. The van der Waals surface area contributed by atoms with Crippen LogP contribution in [0, 0.1) is 0 Å². The zero-order valence-corrected chi connectivity index (χ0v) is 9.70. The third-order valence-corrected chi connectivity index (χ3v) is 3.42. The third-order valence-electron chi connectivity index (χ3n) is 2.55. The molecule has 0 unspecified atom stereocenters. The van der Waals surface area contributed by atoms with E-state index >= 15 is 0 Å². The molecule has 0 aliphatic carbocycles. The lowest BCUT2D eigenvalue weighted by molar-refractivity contribution is 0.298. The predicted octanol–water partition coefficient (Wildman–Crippen LogP) is 2.03. The highest BCUT2D eigenvalue weighted by Crippen LogP contribution is 2.30. The maximum absolute atomic E-state index is 5.54. The van der Waals surface area contributed by atoms with E-state index in [0.29, 0.717) is 12.5 Å². The van der Waals surface area contributed by atoms with Crippen LogP contribution in [0.25, 0.3) is 10.7 Å². The number of anilines is 1. The Bertz CT molecular complexity index is 498. The topological polar surface area (TPSA) is 38.2 Å². The smallest absolute Gasteiger partial charge is 0.241 e. The maximum Gasteiger partial charge on any atom is 0.241 e. The molecule has 0 saturated carbocycles. The number of likely N-dealkylation sites (N-methyl/N-ethyl adjacent to an activating group) is 1. The van der Waals surface area contributed by atoms with Crippen LogP contribution >= 0.6 is 11.3 Å². The summed E-state index contributed by atoms with van der Waals surface area (Å²) in [5.74, 6) is 1.43. The van der Waals surface area contributed by atoms with E-state index in [1.54, 1.807) is 11.3 Å². The van der Waals surface area contributed by atoms with E-state index in [4.69, 9.17) is 4.74 Å². The van der Waals surface area contributed by atoms with Crippen molar-refractivity contribution < 1.29 is 4.74 Å². The van der Waals surface area contributed by atoms with Crippen LogP contribution in [0.2, 0.25) is 0 Å². The summed E-state index contributed by atoms with van der Waals surface area (Å²) in [6.07, 6.45) is 1.83. The fourth-order valence-corrected chi connectivity index (χ4v) is 2.32. The summed E-state index contributed by atoms with van der Waals surface area (Å²) in [7, 11) is 2.02. The largest absolute Gasteiger partial charge is 0.474 e. The minimum absolute atomic E-state index is 0.685. The average Bonchev–Trinajstić information content (AvgIpc) is 2.82. The molecule has 0 atom stereocenters. The molecule has 16 heavy (non-hydrogen) atoms. The molecule has 0 aromatic carbocycles. The number of hydrogen-bond acceptors (Lipinski definition) is 5. The molecular weight excluding hydrogens is 222 g/mol. The van der Waals surface area contributed by atoms with E-state index in [2.05, 4.69) is 14.9 Å². The lowest BCUT2D eigenvalue weighted by Crippen LogP contribution is -2.29. The molecule has 3 heterocycles. The summed E-state index contributed by atoms with van der Waals surface area (Å²) in [6.45, 7) is 1.57. The van der Waals surface area contributed by atoms with Gasteiger partial charge in [-0.1, -0.05) is 6.07 Å². The van der Waals surface area contributed by atoms with Gasteiger partial charge >= 0.3 is 0 Å². The van der Waals surface area contributed by atoms with Crippen molar-refractivity contribution in [3.8, 4) is 16.6 Å². The van der Waals surface area contributed by atoms with Gasteiger partial charge in [-0.2, -0.15) is 4.98 Å². The average molecular weight is 233 g/mol. The number of aromatic nitrogens is 2. The zero-order valence-electron chi connectivity index (χ0n) is 8.88. The second-order valence-corrected chi connectivity index (χ2v) is 4.58. The van der Waals surface area contributed by atoms with Gasteiger partial charge in [0.05, 0.1) is 17.6 Å². The number of ether oxygens (including phenoxy) is 1. The van der Waals surface area contributed by atoms with Crippen LogP contribution in [0.15, 0.2) is 23.7 Å². The van der Waals surface area contributed by atoms with Gasteiger partial charge in [0.15, 0.2) is 5.82 Å². The summed E-state index contributed by atoms with van der Waals surface area (Å²) in [6, 6.07) is 4.01. The Morgan fingerprint density at radius 3 is 3.25 bits per heavy atom. The molecule has 3 rings (SSSR count). The molecule has 0 spiro atoms. The fraction of sp³-hybridized carbons (Fsp3) is 0.273. The van der Waals surface area contributed by atoms with E-state index < -0.39 is 0 Å². The van der Waals surface area contributed by atoms with E-state index in [1.807, 2.05) is 30.8 Å². The van der Waals surface area contributed by atoms with Crippen LogP contribution < -0.4 is 9.64 Å². The standard InChI is InChI=1S/C11H11N3OS/c1-14-4-5-15-11-8(14)7-12-10(13-11)9-3-2-6-16-9/h2-3,6-7H,4-5H2,1H3. The first kappa shape index (κ1) is 9.59. The molecule has 1 aliphatic heterocycles. The first-order valence-electron chi connectivity index (χ1n) is 5.09. The van der Waals surface area contributed by atoms with Crippen molar-refractivity contribution in [3.05, 3.63) is 23.7 Å². The number of hydrogen-bond donors (Lipinski definition) is 0. The van der Waals surface area contributed by atoms with Crippen LogP contribution in [0.3, 0.4) is 0 Å². The molecule has 0 radical (unpaired) electrons. The second-order valence-electron chi connectivity index (χ2n) is 3.63. The molecule has 0 saturated heterocycles. The Labute approximate surface area is 97.5 Å². The fourth-order valence-electron chi connectivity index (χ4n) is 1.65. The van der Waals surface area contributed by atoms with Crippen LogP contribution in [-0.4, -0.2) is 30.2 Å². The monoisotopic (exact) mass is 233 g/mol. The van der Waals surface area contributed by atoms with Gasteiger partial charge in [0.2, 0.25) is 5.88 Å². The molecule has 1 aliphatic rings. The van der Waals surface area contributed by atoms with Crippen LogP contribution in [-0.2, 0) is 0 Å². The van der Waals surface area contributed by atoms with Gasteiger partial charge < -0.3 is 9.64 Å². The lowest BCUT2D eigenvalue weighted by Gasteiger charge is -2.26. The van der Waals surface area contributed by atoms with E-state index in [0.717, 1.165) is 22.9 Å². The molecule has 0 amide bonds. The van der Waals surface area contributed by atoms with E-state index in [-0.39, 0.29) is 0 Å². The Morgan fingerprint density at radius 1 is 1.50 bits per heavy atom. The number of nitrogens with zero attached hydrogens (tertiary/aromatic N) is 3. The Morgan fingerprint density at radius 2 is 2.44 bits per heavy atom. The molecule has 2 aromatic rings. The summed E-state index contributed by atoms with van der Waals surface area (Å²) in [5.41, 5.74) is 0.964. The van der Waals surface area contributed by atoms with Gasteiger partial charge in [0, 0.05) is 7.05 Å². The van der Waals surface area contributed by atoms with Gasteiger partial charge in [-0.05, 0) is 11.4 Å². The minimum atomic E-state index is 0.685. The molecule has 0 fully saturated rings. The summed E-state index contributed by atoms with van der Waals surface area (Å²) >= 11 is 1.63. The van der Waals surface area contributed by atoms with Crippen molar-refractivity contribution in [2.24, 2.45) is 0 Å². The van der Waals surface area contributed by atoms with Crippen LogP contribution in [0.1, 0.15) is 0 Å². The minimum Gasteiger partial charge on any atom is -0.474 e. The Kier molecular flexibility index (Phi) is 2.25. The van der Waals surface area contributed by atoms with Gasteiger partial charge in [0.25, 0.3) is 0 Å². The van der Waals surface area contributed by atoms with Crippen molar-refractivity contribution in [2.75, 3.05) is 25.1 Å². The van der Waals surface area contributed by atoms with Crippen LogP contribution in [0.4, 0.5) is 5.69 Å². The lowest BCUT2D eigenvalue weighted by atomic mass is 10.3. The van der Waals surface area contributed by atoms with Crippen molar-refractivity contribution in [1.82, 2.24) is 9.97 Å². The first-order chi connectivity index (χ1) is 7.84. The molecular formula is C11H11N3OS. The van der Waals surface area contributed by atoms with Gasteiger partial charge in [0.1, 0.15) is 12.3 Å². The molecule has 5 heteroatoms. The Balaban J connectivity index is 2.05. The quantitative estimate of drug-likeness (QED) is 0.755. The number of fused-ring (bicyclic) bond motifs is 1. The van der Waals surface area contributed by atoms with E-state index in [9.17, 15) is 0 Å². The highest BCUT2D eigenvalue weighted by atomic mass is 32.1. The molecule has 2 aromatic heterocycles. The van der Waals surface area contributed by atoms with Gasteiger partial charge in [-0.25, -0.2) is 4.98 Å². The maximum atomic E-state index is 5.54. The SMILES string of the molecule is CN1CCOc2nc(-c3cccs3)ncc21. The summed E-state index contributed by atoms with van der Waals surface area (Å²) in [4.78, 5) is 12.0. The predicted molar refractivity (Wildman–Crippen MR) is 64.1 cm³/mol. The van der Waals surface area contributed by atoms with E-state index in [1.165, 1.54) is 0 Å². The van der Waals surface area contributed by atoms with Crippen molar-refractivity contribution in [2.45, 2.75) is 0 Å². The molecule has 4 nitrogen and oxygen atoms in total. The summed E-state index contributed by atoms with van der Waals surface area (Å²) < 4.78 is 5.54. The highest BCUT2D eigenvalue weighted by molar-refractivity contribution is 7.13. The molecule has 0 bridgehead atoms. The van der Waals surface area contributed by atoms with Crippen molar-refractivity contribution >= 4 is 17.0 Å². The third kappa shape index (κ3) is 1.53. The molecule has 82 valence electrons. The Hall–Kier alpha value is -1.62. The zero-order chi connectivity index (χ0) is 11.0. The number of thiophene rings is 1. The van der Waals surface area contributed by atoms with Crippen molar-refractivity contribution in [3.63, 3.8) is 0 Å². The van der Waals surface area contributed by atoms with Crippen LogP contribution in [0.5, 0.6) is 5.88 Å². The van der Waals surface area contributed by atoms with Crippen molar-refractivity contribution in [1.29, 1.82) is 0 Å². The second kappa shape index (κ2) is 3.75. The highest BCUT2D eigenvalue weighted by Gasteiger charge is 2.18. The summed E-state index contributed by atoms with van der Waals surface area (Å²) in [5, 5.41) is 2.02. The molecule has 0 N–H and O–H groups in total.